The van der Waals surface area contributed by atoms with Crippen molar-refractivity contribution in [3.8, 4) is 5.88 Å². The number of hydrogen-bond donors (Lipinski definition) is 0. The summed E-state index contributed by atoms with van der Waals surface area (Å²) < 4.78 is 12.3. The van der Waals surface area contributed by atoms with Gasteiger partial charge >= 0.3 is 0 Å². The predicted molar refractivity (Wildman–Crippen MR) is 122 cm³/mol. The molecule has 7 nitrogen and oxygen atoms in total. The van der Waals surface area contributed by atoms with E-state index in [2.05, 4.69) is 9.97 Å². The molecule has 2 amide bonds. The third kappa shape index (κ3) is 2.99. The summed E-state index contributed by atoms with van der Waals surface area (Å²) in [7, 11) is 0. The second-order valence-corrected chi connectivity index (χ2v) is 9.64. The Hall–Kier alpha value is -3.03. The Labute approximate surface area is 195 Å². The summed E-state index contributed by atoms with van der Waals surface area (Å²) in [6, 6.07) is 12.6. The number of amides is 2. The SMILES string of the molecule is C[C@]12CC[C@](CCOc3ccc(Cl)cn3)(O1)[C@@H]1C(=O)N(c3cccc4ncccc34)C(=O)[C@@H]12. The molecule has 2 aromatic heterocycles. The lowest BCUT2D eigenvalue weighted by Gasteiger charge is -2.31. The number of hydrogen-bond acceptors (Lipinski definition) is 6. The van der Waals surface area contributed by atoms with Crippen LogP contribution in [0.3, 0.4) is 0 Å². The molecule has 5 heterocycles. The van der Waals surface area contributed by atoms with Crippen LogP contribution in [-0.2, 0) is 14.3 Å². The summed E-state index contributed by atoms with van der Waals surface area (Å²) >= 11 is 5.89. The minimum atomic E-state index is -0.726. The van der Waals surface area contributed by atoms with Crippen molar-refractivity contribution in [1.29, 1.82) is 0 Å². The van der Waals surface area contributed by atoms with Crippen molar-refractivity contribution in [1.82, 2.24) is 9.97 Å². The van der Waals surface area contributed by atoms with Crippen molar-refractivity contribution in [2.75, 3.05) is 11.5 Å². The summed E-state index contributed by atoms with van der Waals surface area (Å²) in [6.07, 6.45) is 5.18. The lowest BCUT2D eigenvalue weighted by Crippen LogP contribution is -2.43. The van der Waals surface area contributed by atoms with Crippen LogP contribution in [-0.4, -0.2) is 39.6 Å². The number of carbonyl (C=O) groups is 2. The zero-order valence-electron chi connectivity index (χ0n) is 18.0. The molecule has 0 aliphatic carbocycles. The molecule has 6 rings (SSSR count). The molecule has 168 valence electrons. The average Bonchev–Trinajstić information content (AvgIpc) is 3.39. The molecule has 3 aliphatic heterocycles. The van der Waals surface area contributed by atoms with Crippen molar-refractivity contribution in [3.63, 3.8) is 0 Å². The highest BCUT2D eigenvalue weighted by molar-refractivity contribution is 6.30. The molecular formula is C25H22ClN3O4. The fourth-order valence-electron chi connectivity index (χ4n) is 5.91. The molecule has 0 radical (unpaired) electrons. The molecule has 3 aliphatic rings. The number of carbonyl (C=O) groups excluding carboxylic acids is 2. The monoisotopic (exact) mass is 463 g/mol. The Kier molecular flexibility index (Phi) is 4.51. The van der Waals surface area contributed by atoms with Crippen molar-refractivity contribution in [3.05, 3.63) is 59.9 Å². The maximum atomic E-state index is 13.8. The molecule has 0 spiro atoms. The van der Waals surface area contributed by atoms with E-state index in [0.29, 0.717) is 36.0 Å². The normalized spacial score (nSPS) is 30.3. The Balaban J connectivity index is 1.31. The minimum Gasteiger partial charge on any atom is -0.478 e. The quantitative estimate of drug-likeness (QED) is 0.528. The van der Waals surface area contributed by atoms with E-state index in [4.69, 9.17) is 21.1 Å². The second kappa shape index (κ2) is 7.23. The number of aromatic nitrogens is 2. The fourth-order valence-corrected chi connectivity index (χ4v) is 6.02. The number of pyridine rings is 2. The number of rotatable bonds is 5. The second-order valence-electron chi connectivity index (χ2n) is 9.21. The smallest absolute Gasteiger partial charge is 0.240 e. The number of ether oxygens (including phenoxy) is 2. The molecule has 8 heteroatoms. The third-order valence-corrected chi connectivity index (χ3v) is 7.57. The van der Waals surface area contributed by atoms with E-state index in [9.17, 15) is 9.59 Å². The van der Waals surface area contributed by atoms with Gasteiger partial charge < -0.3 is 9.47 Å². The first-order chi connectivity index (χ1) is 15.9. The van der Waals surface area contributed by atoms with Crippen molar-refractivity contribution < 1.29 is 19.1 Å². The molecule has 3 fully saturated rings. The Morgan fingerprint density at radius 1 is 1.09 bits per heavy atom. The number of anilines is 1. The summed E-state index contributed by atoms with van der Waals surface area (Å²) in [5.41, 5.74) is -0.0506. The maximum Gasteiger partial charge on any atom is 0.240 e. The van der Waals surface area contributed by atoms with Crippen LogP contribution in [0.4, 0.5) is 5.69 Å². The lowest BCUT2D eigenvalue weighted by atomic mass is 9.67. The highest BCUT2D eigenvalue weighted by Gasteiger charge is 2.73. The first kappa shape index (κ1) is 20.6. The zero-order chi connectivity index (χ0) is 22.8. The van der Waals surface area contributed by atoms with Crippen LogP contribution < -0.4 is 9.64 Å². The van der Waals surface area contributed by atoms with E-state index in [1.807, 2.05) is 37.3 Å². The van der Waals surface area contributed by atoms with Crippen molar-refractivity contribution in [2.24, 2.45) is 11.8 Å². The van der Waals surface area contributed by atoms with Gasteiger partial charge in [0.2, 0.25) is 17.7 Å². The molecule has 0 N–H and O–H groups in total. The topological polar surface area (TPSA) is 81.6 Å². The van der Waals surface area contributed by atoms with Gasteiger partial charge in [-0.15, -0.1) is 0 Å². The summed E-state index contributed by atoms with van der Waals surface area (Å²) in [6.45, 7) is 2.29. The highest BCUT2D eigenvalue weighted by Crippen LogP contribution is 2.62. The van der Waals surface area contributed by atoms with Gasteiger partial charge in [-0.25, -0.2) is 9.88 Å². The van der Waals surface area contributed by atoms with E-state index in [1.54, 1.807) is 18.3 Å². The summed E-state index contributed by atoms with van der Waals surface area (Å²) in [5.74, 6) is -0.957. The van der Waals surface area contributed by atoms with Crippen LogP contribution in [0.1, 0.15) is 26.2 Å². The number of benzene rings is 1. The van der Waals surface area contributed by atoms with Crippen LogP contribution in [0.15, 0.2) is 54.9 Å². The van der Waals surface area contributed by atoms with E-state index >= 15 is 0 Å². The molecule has 4 atom stereocenters. The van der Waals surface area contributed by atoms with Gasteiger partial charge in [-0.2, -0.15) is 0 Å². The standard InChI is InChI=1S/C25H22ClN3O4/c1-24-9-10-25(33-24,11-13-32-19-8-7-15(26)14-28-19)21-20(24)22(30)29(23(21)31)18-6-2-5-17-16(18)4-3-12-27-17/h2-8,12,14,20-21H,9-11,13H2,1H3/t20-,21+,24-,25-/m1/s1. The number of fused-ring (bicyclic) bond motifs is 6. The maximum absolute atomic E-state index is 13.8. The molecule has 3 aromatic rings. The van der Waals surface area contributed by atoms with E-state index in [-0.39, 0.29) is 11.8 Å². The Bertz CT molecular complexity index is 1280. The molecule has 1 aromatic carbocycles. The van der Waals surface area contributed by atoms with Gasteiger partial charge in [0.05, 0.1) is 45.9 Å². The summed E-state index contributed by atoms with van der Waals surface area (Å²) in [4.78, 5) is 37.3. The molecule has 0 saturated carbocycles. The summed E-state index contributed by atoms with van der Waals surface area (Å²) in [5, 5.41) is 1.32. The predicted octanol–water partition coefficient (Wildman–Crippen LogP) is 4.18. The third-order valence-electron chi connectivity index (χ3n) is 7.35. The fraction of sp³-hybridized carbons (Fsp3) is 0.360. The van der Waals surface area contributed by atoms with Gasteiger partial charge in [-0.05, 0) is 50.1 Å². The average molecular weight is 464 g/mol. The Morgan fingerprint density at radius 2 is 1.94 bits per heavy atom. The van der Waals surface area contributed by atoms with Crippen molar-refractivity contribution in [2.45, 2.75) is 37.4 Å². The molecule has 3 saturated heterocycles. The van der Waals surface area contributed by atoms with Gasteiger partial charge in [0.1, 0.15) is 0 Å². The highest BCUT2D eigenvalue weighted by atomic mass is 35.5. The van der Waals surface area contributed by atoms with Gasteiger partial charge in [-0.3, -0.25) is 14.6 Å². The van der Waals surface area contributed by atoms with Crippen LogP contribution in [0, 0.1) is 11.8 Å². The molecule has 2 bridgehead atoms. The minimum absolute atomic E-state index is 0.189. The van der Waals surface area contributed by atoms with Gasteiger partial charge in [0, 0.05) is 30.3 Å². The molecule has 0 unspecified atom stereocenters. The Morgan fingerprint density at radius 3 is 2.76 bits per heavy atom. The largest absolute Gasteiger partial charge is 0.478 e. The number of nitrogens with zero attached hydrogens (tertiary/aromatic N) is 3. The lowest BCUT2D eigenvalue weighted by molar-refractivity contribution is -0.131. The van der Waals surface area contributed by atoms with E-state index < -0.39 is 23.0 Å². The number of imide groups is 1. The van der Waals surface area contributed by atoms with Gasteiger partial charge in [0.25, 0.3) is 0 Å². The molecule has 33 heavy (non-hydrogen) atoms. The van der Waals surface area contributed by atoms with Crippen LogP contribution in [0.2, 0.25) is 5.02 Å². The van der Waals surface area contributed by atoms with Crippen LogP contribution >= 0.6 is 11.6 Å². The number of halogens is 1. The zero-order valence-corrected chi connectivity index (χ0v) is 18.8. The van der Waals surface area contributed by atoms with E-state index in [0.717, 1.165) is 17.3 Å². The van der Waals surface area contributed by atoms with Crippen LogP contribution in [0.5, 0.6) is 5.88 Å². The van der Waals surface area contributed by atoms with Gasteiger partial charge in [0.15, 0.2) is 0 Å². The van der Waals surface area contributed by atoms with Gasteiger partial charge in [-0.1, -0.05) is 17.7 Å². The van der Waals surface area contributed by atoms with Crippen molar-refractivity contribution >= 4 is 40.0 Å². The molecular weight excluding hydrogens is 442 g/mol. The van der Waals surface area contributed by atoms with Crippen LogP contribution in [0.25, 0.3) is 10.9 Å². The van der Waals surface area contributed by atoms with E-state index in [1.165, 1.54) is 11.1 Å². The first-order valence-electron chi connectivity index (χ1n) is 11.1. The first-order valence-corrected chi connectivity index (χ1v) is 11.5.